The molecule has 1 N–H and O–H groups in total. The summed E-state index contributed by atoms with van der Waals surface area (Å²) >= 11 is 11.9. The van der Waals surface area contributed by atoms with Crippen LogP contribution in [0.25, 0.3) is 0 Å². The highest BCUT2D eigenvalue weighted by Crippen LogP contribution is 2.21. The fourth-order valence-corrected chi connectivity index (χ4v) is 3.72. The van der Waals surface area contributed by atoms with Gasteiger partial charge in [0.2, 0.25) is 15.9 Å². The largest absolute Gasteiger partial charge is 0.355 e. The summed E-state index contributed by atoms with van der Waals surface area (Å²) in [6.07, 6.45) is 2.30. The second-order valence-electron chi connectivity index (χ2n) is 5.40. The fraction of sp³-hybridized carbons (Fsp3) is 0.533. The van der Waals surface area contributed by atoms with Gasteiger partial charge in [0.05, 0.1) is 12.8 Å². The third-order valence-corrected chi connectivity index (χ3v) is 5.47. The summed E-state index contributed by atoms with van der Waals surface area (Å²) in [5, 5.41) is 3.82. The molecule has 0 aliphatic heterocycles. The molecule has 0 saturated heterocycles. The molecule has 1 aromatic carbocycles. The second kappa shape index (κ2) is 8.87. The Morgan fingerprint density at radius 1 is 1.35 bits per heavy atom. The van der Waals surface area contributed by atoms with Gasteiger partial charge in [-0.1, -0.05) is 36.2 Å². The van der Waals surface area contributed by atoms with E-state index < -0.39 is 10.0 Å². The van der Waals surface area contributed by atoms with Gasteiger partial charge in [0, 0.05) is 22.6 Å². The van der Waals surface area contributed by atoms with E-state index in [0.717, 1.165) is 11.8 Å². The normalized spacial score (nSPS) is 13.1. The Labute approximate surface area is 148 Å². The number of nitrogens with one attached hydrogen (secondary N) is 1. The molecule has 0 fully saturated rings. The lowest BCUT2D eigenvalue weighted by Crippen LogP contribution is -2.45. The van der Waals surface area contributed by atoms with Crippen molar-refractivity contribution in [2.45, 2.75) is 32.7 Å². The second-order valence-corrected chi connectivity index (χ2v) is 8.18. The number of nitrogens with zero attached hydrogens (tertiary/aromatic N) is 1. The van der Waals surface area contributed by atoms with Crippen LogP contribution in [0.1, 0.15) is 25.8 Å². The van der Waals surface area contributed by atoms with Crippen LogP contribution in [-0.2, 0) is 21.2 Å². The molecule has 0 heterocycles. The van der Waals surface area contributed by atoms with Crippen LogP contribution in [0.4, 0.5) is 0 Å². The van der Waals surface area contributed by atoms with Crippen LogP contribution in [0.15, 0.2) is 18.2 Å². The third kappa shape index (κ3) is 6.67. The maximum Gasteiger partial charge on any atom is 0.235 e. The first kappa shape index (κ1) is 20.2. The summed E-state index contributed by atoms with van der Waals surface area (Å²) in [7, 11) is -3.42. The number of hydrogen-bond donors (Lipinski definition) is 1. The Bertz CT molecular complexity index is 650. The Morgan fingerprint density at radius 2 is 2.00 bits per heavy atom. The summed E-state index contributed by atoms with van der Waals surface area (Å²) in [6.45, 7) is 3.85. The lowest BCUT2D eigenvalue weighted by molar-refractivity contribution is -0.121. The van der Waals surface area contributed by atoms with Crippen molar-refractivity contribution in [3.8, 4) is 0 Å². The van der Waals surface area contributed by atoms with Gasteiger partial charge in [-0.15, -0.1) is 0 Å². The summed E-state index contributed by atoms with van der Waals surface area (Å²) < 4.78 is 24.7. The lowest BCUT2D eigenvalue weighted by Gasteiger charge is -2.25. The standard InChI is InChI=1S/C15H22Cl2N2O3S/c1-4-11(2)19(23(3,21)22)10-15(20)18-8-7-12-5-6-13(16)9-14(12)17/h5-6,9,11H,4,7-8,10H2,1-3H3,(H,18,20). The smallest absolute Gasteiger partial charge is 0.235 e. The molecule has 1 unspecified atom stereocenters. The van der Waals surface area contributed by atoms with Gasteiger partial charge in [-0.05, 0) is 37.5 Å². The van der Waals surface area contributed by atoms with Crippen LogP contribution in [0, 0.1) is 0 Å². The van der Waals surface area contributed by atoms with Gasteiger partial charge >= 0.3 is 0 Å². The first-order chi connectivity index (χ1) is 10.6. The van der Waals surface area contributed by atoms with Crippen LogP contribution in [0.5, 0.6) is 0 Å². The van der Waals surface area contributed by atoms with Crippen molar-refractivity contribution in [2.75, 3.05) is 19.3 Å². The van der Waals surface area contributed by atoms with Crippen LogP contribution >= 0.6 is 23.2 Å². The van der Waals surface area contributed by atoms with E-state index in [4.69, 9.17) is 23.2 Å². The van der Waals surface area contributed by atoms with Crippen molar-refractivity contribution < 1.29 is 13.2 Å². The number of rotatable bonds is 8. The minimum atomic E-state index is -3.42. The van der Waals surface area contributed by atoms with Crippen molar-refractivity contribution in [1.29, 1.82) is 0 Å². The number of carbonyl (C=O) groups is 1. The number of halogens is 2. The van der Waals surface area contributed by atoms with E-state index in [0.29, 0.717) is 29.4 Å². The molecular formula is C15H22Cl2N2O3S. The first-order valence-electron chi connectivity index (χ1n) is 7.32. The molecule has 0 aliphatic rings. The summed E-state index contributed by atoms with van der Waals surface area (Å²) in [5.74, 6) is -0.333. The van der Waals surface area contributed by atoms with E-state index in [2.05, 4.69) is 5.32 Å². The first-order valence-corrected chi connectivity index (χ1v) is 9.93. The molecule has 1 atom stereocenters. The lowest BCUT2D eigenvalue weighted by atomic mass is 10.1. The molecule has 0 saturated carbocycles. The Balaban J connectivity index is 2.56. The van der Waals surface area contributed by atoms with Crippen LogP contribution in [0.3, 0.4) is 0 Å². The Kier molecular flexibility index (Phi) is 7.80. The van der Waals surface area contributed by atoms with Crippen molar-refractivity contribution in [2.24, 2.45) is 0 Å². The van der Waals surface area contributed by atoms with Crippen LogP contribution in [-0.4, -0.2) is 44.0 Å². The molecule has 130 valence electrons. The molecule has 0 radical (unpaired) electrons. The maximum absolute atomic E-state index is 12.0. The topological polar surface area (TPSA) is 66.5 Å². The molecule has 0 spiro atoms. The van der Waals surface area contributed by atoms with Crippen molar-refractivity contribution in [3.63, 3.8) is 0 Å². The number of carbonyl (C=O) groups excluding carboxylic acids is 1. The molecule has 5 nitrogen and oxygen atoms in total. The van der Waals surface area contributed by atoms with E-state index in [-0.39, 0.29) is 18.5 Å². The molecule has 23 heavy (non-hydrogen) atoms. The zero-order chi connectivity index (χ0) is 17.6. The average Bonchev–Trinajstić information content (AvgIpc) is 2.45. The Morgan fingerprint density at radius 3 is 2.52 bits per heavy atom. The van der Waals surface area contributed by atoms with E-state index in [1.54, 1.807) is 25.1 Å². The monoisotopic (exact) mass is 380 g/mol. The van der Waals surface area contributed by atoms with Crippen molar-refractivity contribution in [1.82, 2.24) is 9.62 Å². The molecule has 1 amide bonds. The number of hydrogen-bond acceptors (Lipinski definition) is 3. The zero-order valence-electron chi connectivity index (χ0n) is 13.5. The number of sulfonamides is 1. The highest BCUT2D eigenvalue weighted by molar-refractivity contribution is 7.88. The molecule has 0 bridgehead atoms. The van der Waals surface area contributed by atoms with E-state index in [9.17, 15) is 13.2 Å². The minimum absolute atomic E-state index is 0.178. The highest BCUT2D eigenvalue weighted by Gasteiger charge is 2.24. The summed E-state index contributed by atoms with van der Waals surface area (Å²) in [4.78, 5) is 12.0. The molecule has 0 aromatic heterocycles. The number of amides is 1. The van der Waals surface area contributed by atoms with Gasteiger partial charge in [-0.25, -0.2) is 8.42 Å². The minimum Gasteiger partial charge on any atom is -0.355 e. The number of benzene rings is 1. The summed E-state index contributed by atoms with van der Waals surface area (Å²) in [5.41, 5.74) is 0.873. The van der Waals surface area contributed by atoms with Gasteiger partial charge in [0.25, 0.3) is 0 Å². The fourth-order valence-electron chi connectivity index (χ4n) is 2.06. The van der Waals surface area contributed by atoms with Gasteiger partial charge in [-0.2, -0.15) is 4.31 Å². The predicted molar refractivity (Wildman–Crippen MR) is 94.5 cm³/mol. The predicted octanol–water partition coefficient (Wildman–Crippen LogP) is 2.71. The quantitative estimate of drug-likeness (QED) is 0.753. The average molecular weight is 381 g/mol. The van der Waals surface area contributed by atoms with Crippen LogP contribution < -0.4 is 5.32 Å². The van der Waals surface area contributed by atoms with Gasteiger partial charge in [0.15, 0.2) is 0 Å². The molecule has 0 aliphatic carbocycles. The summed E-state index contributed by atoms with van der Waals surface area (Å²) in [6, 6.07) is 4.97. The molecule has 1 rings (SSSR count). The van der Waals surface area contributed by atoms with Gasteiger partial charge < -0.3 is 5.32 Å². The van der Waals surface area contributed by atoms with Gasteiger partial charge in [0.1, 0.15) is 0 Å². The highest BCUT2D eigenvalue weighted by atomic mass is 35.5. The third-order valence-electron chi connectivity index (χ3n) is 3.54. The SMILES string of the molecule is CCC(C)N(CC(=O)NCCc1ccc(Cl)cc1Cl)S(C)(=O)=O. The van der Waals surface area contributed by atoms with Crippen molar-refractivity contribution in [3.05, 3.63) is 33.8 Å². The van der Waals surface area contributed by atoms with Gasteiger partial charge in [-0.3, -0.25) is 4.79 Å². The Hall–Kier alpha value is -0.820. The molecule has 1 aromatic rings. The zero-order valence-corrected chi connectivity index (χ0v) is 15.8. The van der Waals surface area contributed by atoms with Crippen molar-refractivity contribution >= 4 is 39.1 Å². The van der Waals surface area contributed by atoms with Crippen LogP contribution in [0.2, 0.25) is 10.0 Å². The molecule has 8 heteroatoms. The van der Waals surface area contributed by atoms with E-state index >= 15 is 0 Å². The van der Waals surface area contributed by atoms with E-state index in [1.165, 1.54) is 4.31 Å². The molecular weight excluding hydrogens is 359 g/mol. The van der Waals surface area contributed by atoms with E-state index in [1.807, 2.05) is 6.92 Å². The maximum atomic E-state index is 12.0.